The molecule has 12 rings (SSSR count). The molecule has 3 amide bonds. The summed E-state index contributed by atoms with van der Waals surface area (Å²) >= 11 is 4.30. The topological polar surface area (TPSA) is 162 Å². The van der Waals surface area contributed by atoms with Gasteiger partial charge in [-0.1, -0.05) is 52.2 Å². The van der Waals surface area contributed by atoms with Gasteiger partial charge in [0.15, 0.2) is 15.4 Å². The van der Waals surface area contributed by atoms with Crippen LogP contribution in [0.15, 0.2) is 91.0 Å². The van der Waals surface area contributed by atoms with E-state index in [-0.39, 0.29) is 52.9 Å². The second kappa shape index (κ2) is 19.0. The largest absolute Gasteiger partial charge is 0.316 e. The predicted molar refractivity (Wildman–Crippen MR) is 260 cm³/mol. The number of amides is 3. The summed E-state index contributed by atoms with van der Waals surface area (Å²) < 4.78 is 42.8. The van der Waals surface area contributed by atoms with Crippen molar-refractivity contribution in [1.29, 1.82) is 0 Å². The third-order valence-electron chi connectivity index (χ3n) is 12.0. The molecule has 6 aromatic carbocycles. The molecule has 0 radical (unpaired) electrons. The van der Waals surface area contributed by atoms with E-state index >= 15 is 0 Å². The lowest BCUT2D eigenvalue weighted by molar-refractivity contribution is -0.120. The van der Waals surface area contributed by atoms with E-state index in [0.29, 0.717) is 15.4 Å². The third-order valence-corrected chi connectivity index (χ3v) is 15.0. The molecule has 18 heteroatoms. The number of benzene rings is 6. The number of fused-ring (bicyclic) bond motifs is 9. The Bertz CT molecular complexity index is 2960. The molecular weight excluding hydrogens is 904 g/mol. The lowest BCUT2D eigenvalue weighted by Gasteiger charge is -2.06. The number of halogens is 3. The lowest BCUT2D eigenvalue weighted by atomic mass is 10.1. The van der Waals surface area contributed by atoms with Gasteiger partial charge in [-0.05, 0) is 128 Å². The summed E-state index contributed by atoms with van der Waals surface area (Å²) in [5.41, 5.74) is 2.47. The van der Waals surface area contributed by atoms with Gasteiger partial charge < -0.3 is 31.9 Å². The number of rotatable bonds is 6. The molecule has 66 heavy (non-hydrogen) atoms. The van der Waals surface area contributed by atoms with Crippen molar-refractivity contribution in [1.82, 2.24) is 30.9 Å². The summed E-state index contributed by atoms with van der Waals surface area (Å²) in [6.07, 6.45) is 2.58. The fourth-order valence-electron chi connectivity index (χ4n) is 8.47. The maximum atomic E-state index is 13.3. The van der Waals surface area contributed by atoms with Crippen LogP contribution in [-0.4, -0.2) is 71.9 Å². The Morgan fingerprint density at radius 2 is 0.758 bits per heavy atom. The highest BCUT2D eigenvalue weighted by molar-refractivity contribution is 7.24. The van der Waals surface area contributed by atoms with Crippen molar-refractivity contribution in [2.75, 3.05) is 55.2 Å². The molecule has 0 spiro atoms. The highest BCUT2D eigenvalue weighted by Crippen LogP contribution is 2.36. The van der Waals surface area contributed by atoms with E-state index in [9.17, 15) is 27.6 Å². The van der Waals surface area contributed by atoms with Gasteiger partial charge in [-0.15, -0.1) is 0 Å². The van der Waals surface area contributed by atoms with Gasteiger partial charge in [0.25, 0.3) is 0 Å². The van der Waals surface area contributed by atoms with Crippen molar-refractivity contribution in [2.24, 2.45) is 17.8 Å². The molecule has 3 saturated heterocycles. The SMILES string of the molecule is O=C(Nc1nc2ccc3cc(F)ccc3c2s1)C1CCNC1.O=C(Nc1nc2ccc3cc(F)ccc3c2s1)C1CCNC1.O=C(Nc1nc2ccc3cc(F)ccc3c2s1)C1CCNC1. The Kier molecular flexibility index (Phi) is 12.6. The Labute approximate surface area is 387 Å². The number of nitrogens with one attached hydrogen (secondary N) is 6. The number of aromatic nitrogens is 3. The molecular formula is C48H42F3N9O3S3. The first-order valence-electron chi connectivity index (χ1n) is 21.6. The van der Waals surface area contributed by atoms with Crippen molar-refractivity contribution in [3.8, 4) is 0 Å². The maximum absolute atomic E-state index is 13.3. The molecule has 0 saturated carbocycles. The van der Waals surface area contributed by atoms with Crippen LogP contribution in [0.25, 0.3) is 63.0 Å². The molecule has 9 aromatic rings. The molecule has 3 aromatic heterocycles. The first kappa shape index (κ1) is 43.7. The van der Waals surface area contributed by atoms with Crippen molar-refractivity contribution in [2.45, 2.75) is 19.3 Å². The lowest BCUT2D eigenvalue weighted by Crippen LogP contribution is -2.24. The highest BCUT2D eigenvalue weighted by atomic mass is 32.1. The fourth-order valence-corrected chi connectivity index (χ4v) is 11.5. The monoisotopic (exact) mass is 945 g/mol. The number of nitrogens with zero attached hydrogens (tertiary/aromatic N) is 3. The molecule has 12 nitrogen and oxygen atoms in total. The second-order valence-electron chi connectivity index (χ2n) is 16.4. The molecule has 3 atom stereocenters. The van der Waals surface area contributed by atoms with Gasteiger partial charge in [-0.3, -0.25) is 14.4 Å². The minimum absolute atomic E-state index is 0.0119. The molecule has 0 aliphatic carbocycles. The minimum Gasteiger partial charge on any atom is -0.316 e. The van der Waals surface area contributed by atoms with Crippen molar-refractivity contribution in [3.63, 3.8) is 0 Å². The van der Waals surface area contributed by atoms with E-state index in [1.807, 2.05) is 36.4 Å². The first-order valence-corrected chi connectivity index (χ1v) is 24.1. The van der Waals surface area contributed by atoms with Gasteiger partial charge in [0.2, 0.25) is 17.7 Å². The Hall–Kier alpha value is -6.15. The number of anilines is 3. The van der Waals surface area contributed by atoms with Crippen molar-refractivity contribution >= 4 is 130 Å². The van der Waals surface area contributed by atoms with Crippen LogP contribution in [0.5, 0.6) is 0 Å². The molecule has 6 heterocycles. The number of carbonyl (C=O) groups excluding carboxylic acids is 3. The van der Waals surface area contributed by atoms with Gasteiger partial charge in [0, 0.05) is 35.8 Å². The number of hydrogen-bond acceptors (Lipinski definition) is 12. The quantitative estimate of drug-likeness (QED) is 0.0954. The number of hydrogen-bond donors (Lipinski definition) is 6. The van der Waals surface area contributed by atoms with Gasteiger partial charge in [-0.2, -0.15) is 0 Å². The molecule has 3 fully saturated rings. The Balaban J connectivity index is 0.000000116. The Morgan fingerprint density at radius 1 is 0.455 bits per heavy atom. The van der Waals surface area contributed by atoms with Gasteiger partial charge in [-0.25, -0.2) is 28.1 Å². The van der Waals surface area contributed by atoms with Crippen LogP contribution in [0.2, 0.25) is 0 Å². The molecule has 336 valence electrons. The number of carbonyl (C=O) groups is 3. The summed E-state index contributed by atoms with van der Waals surface area (Å²) in [4.78, 5) is 49.9. The van der Waals surface area contributed by atoms with Gasteiger partial charge >= 0.3 is 0 Å². The smallest absolute Gasteiger partial charge is 0.230 e. The second-order valence-corrected chi connectivity index (χ2v) is 19.4. The van der Waals surface area contributed by atoms with Crippen LogP contribution in [0.1, 0.15) is 19.3 Å². The molecule has 6 N–H and O–H groups in total. The highest BCUT2D eigenvalue weighted by Gasteiger charge is 2.26. The predicted octanol–water partition coefficient (Wildman–Crippen LogP) is 9.41. The summed E-state index contributed by atoms with van der Waals surface area (Å²) in [5.74, 6) is -0.678. The Morgan fingerprint density at radius 3 is 1.03 bits per heavy atom. The summed E-state index contributed by atoms with van der Waals surface area (Å²) in [6, 6.07) is 25.3. The van der Waals surface area contributed by atoms with Crippen LogP contribution >= 0.6 is 34.0 Å². The zero-order valence-corrected chi connectivity index (χ0v) is 37.6. The van der Waals surface area contributed by atoms with Crippen molar-refractivity contribution in [3.05, 3.63) is 108 Å². The van der Waals surface area contributed by atoms with E-state index in [1.165, 1.54) is 70.4 Å². The van der Waals surface area contributed by atoms with Crippen molar-refractivity contribution < 1.29 is 27.6 Å². The van der Waals surface area contributed by atoms with Gasteiger partial charge in [0.05, 0.1) is 48.4 Å². The van der Waals surface area contributed by atoms with Crippen LogP contribution < -0.4 is 31.9 Å². The standard InChI is InChI=1S/3C16H14FN3OS/c3*17-11-2-3-12-9(7-11)1-4-13-14(12)22-16(19-13)20-15(21)10-5-6-18-8-10/h3*1-4,7,10,18H,5-6,8H2,(H,19,20,21). The molecule has 3 aliphatic rings. The average Bonchev–Trinajstić information content (AvgIpc) is 4.17. The molecule has 0 bridgehead atoms. The van der Waals surface area contributed by atoms with E-state index < -0.39 is 0 Å². The number of thiazole rings is 3. The zero-order chi connectivity index (χ0) is 45.3. The molecule has 3 unspecified atom stereocenters. The fraction of sp³-hybridized carbons (Fsp3) is 0.250. The maximum Gasteiger partial charge on any atom is 0.230 e. The van der Waals surface area contributed by atoms with Gasteiger partial charge in [0.1, 0.15) is 17.5 Å². The average molecular weight is 946 g/mol. The summed E-state index contributed by atoms with van der Waals surface area (Å²) in [7, 11) is 0. The summed E-state index contributed by atoms with van der Waals surface area (Å²) in [5, 5.41) is 25.5. The van der Waals surface area contributed by atoms with E-state index in [1.54, 1.807) is 18.2 Å². The van der Waals surface area contributed by atoms with E-state index in [4.69, 9.17) is 0 Å². The third kappa shape index (κ3) is 9.42. The first-order chi connectivity index (χ1) is 32.1. The van der Waals surface area contributed by atoms with E-state index in [0.717, 1.165) is 121 Å². The van der Waals surface area contributed by atoms with Crippen LogP contribution in [-0.2, 0) is 14.4 Å². The van der Waals surface area contributed by atoms with Crippen LogP contribution in [0.4, 0.5) is 28.6 Å². The molecule has 3 aliphatic heterocycles. The minimum atomic E-state index is -0.251. The summed E-state index contributed by atoms with van der Waals surface area (Å²) in [6.45, 7) is 4.81. The zero-order valence-electron chi connectivity index (χ0n) is 35.2. The van der Waals surface area contributed by atoms with E-state index in [2.05, 4.69) is 46.9 Å². The normalized spacial score (nSPS) is 18.1. The van der Waals surface area contributed by atoms with Crippen LogP contribution in [0, 0.1) is 35.2 Å². The van der Waals surface area contributed by atoms with Crippen LogP contribution in [0.3, 0.4) is 0 Å².